The Bertz CT molecular complexity index is 1260. The van der Waals surface area contributed by atoms with Crippen molar-refractivity contribution >= 4 is 36.7 Å². The van der Waals surface area contributed by atoms with E-state index in [0.717, 1.165) is 0 Å². The molecule has 0 atom stereocenters. The highest BCUT2D eigenvalue weighted by Gasteiger charge is 2.24. The summed E-state index contributed by atoms with van der Waals surface area (Å²) >= 11 is 0. The maximum atomic E-state index is 11.7. The fraction of sp³-hybridized carbons (Fsp3) is 0.235. The summed E-state index contributed by atoms with van der Waals surface area (Å²) < 4.78 is 46.7. The van der Waals surface area contributed by atoms with Crippen LogP contribution in [0.2, 0.25) is 0 Å². The molecule has 28 heavy (non-hydrogen) atoms. The highest BCUT2D eigenvalue weighted by atomic mass is 32.2. The fourth-order valence-corrected chi connectivity index (χ4v) is 4.84. The van der Waals surface area contributed by atoms with Gasteiger partial charge in [-0.15, -0.1) is 0 Å². The van der Waals surface area contributed by atoms with Gasteiger partial charge < -0.3 is 4.90 Å². The van der Waals surface area contributed by atoms with Crippen LogP contribution < -0.4 is 10.0 Å². The van der Waals surface area contributed by atoms with Crippen LogP contribution in [-0.2, 0) is 19.9 Å². The Balaban J connectivity index is 1.79. The van der Waals surface area contributed by atoms with E-state index in [1.165, 1.54) is 18.5 Å². The van der Waals surface area contributed by atoms with Crippen molar-refractivity contribution in [1.82, 2.24) is 15.0 Å². The molecule has 0 bridgehead atoms. The summed E-state index contributed by atoms with van der Waals surface area (Å²) in [6.45, 7) is 0.669. The van der Waals surface area contributed by atoms with Crippen LogP contribution in [0, 0.1) is 0 Å². The van der Waals surface area contributed by atoms with Crippen molar-refractivity contribution in [2.24, 2.45) is 5.14 Å². The maximum Gasteiger partial charge on any atom is 0.238 e. The lowest BCUT2D eigenvalue weighted by Gasteiger charge is -2.28. The third-order valence-electron chi connectivity index (χ3n) is 4.56. The minimum Gasteiger partial charge on any atom is -0.353 e. The van der Waals surface area contributed by atoms with Gasteiger partial charge >= 0.3 is 0 Å². The minimum absolute atomic E-state index is 0.00216. The molecule has 0 radical (unpaired) electrons. The van der Waals surface area contributed by atoms with E-state index in [1.54, 1.807) is 24.3 Å². The zero-order valence-electron chi connectivity index (χ0n) is 14.7. The van der Waals surface area contributed by atoms with Gasteiger partial charge in [0.15, 0.2) is 15.7 Å². The molecule has 3 aromatic rings. The summed E-state index contributed by atoms with van der Waals surface area (Å²) in [5, 5.41) is 5.21. The number of fused-ring (bicyclic) bond motifs is 1. The van der Waals surface area contributed by atoms with Gasteiger partial charge in [-0.05, 0) is 24.3 Å². The number of nitrogens with zero attached hydrogens (tertiary/aromatic N) is 4. The van der Waals surface area contributed by atoms with Crippen molar-refractivity contribution in [2.45, 2.75) is 4.90 Å². The molecular weight excluding hydrogens is 402 g/mol. The van der Waals surface area contributed by atoms with Gasteiger partial charge in [0.05, 0.1) is 27.6 Å². The molecule has 146 valence electrons. The number of hydrogen-bond acceptors (Lipinski definition) is 8. The normalized spacial score (nSPS) is 17.0. The third kappa shape index (κ3) is 3.68. The number of sulfone groups is 1. The highest BCUT2D eigenvalue weighted by molar-refractivity contribution is 7.91. The molecule has 11 heteroatoms. The molecule has 3 heterocycles. The third-order valence-corrected chi connectivity index (χ3v) is 7.09. The summed E-state index contributed by atoms with van der Waals surface area (Å²) in [7, 11) is -6.85. The van der Waals surface area contributed by atoms with Crippen molar-refractivity contribution in [3.05, 3.63) is 42.7 Å². The van der Waals surface area contributed by atoms with Gasteiger partial charge in [-0.2, -0.15) is 0 Å². The largest absolute Gasteiger partial charge is 0.353 e. The maximum absolute atomic E-state index is 11.7. The Morgan fingerprint density at radius 3 is 2.50 bits per heavy atom. The first-order valence-electron chi connectivity index (χ1n) is 8.43. The van der Waals surface area contributed by atoms with Crippen molar-refractivity contribution in [1.29, 1.82) is 0 Å². The van der Waals surface area contributed by atoms with Crippen LogP contribution in [0.15, 0.2) is 47.6 Å². The molecule has 1 aliphatic rings. The van der Waals surface area contributed by atoms with Gasteiger partial charge in [0.25, 0.3) is 0 Å². The van der Waals surface area contributed by atoms with Gasteiger partial charge in [-0.3, -0.25) is 0 Å². The Hall–Kier alpha value is -2.63. The molecule has 1 aromatic carbocycles. The molecule has 0 saturated carbocycles. The van der Waals surface area contributed by atoms with Crippen LogP contribution in [0.25, 0.3) is 22.3 Å². The highest BCUT2D eigenvalue weighted by Crippen LogP contribution is 2.27. The number of benzene rings is 1. The van der Waals surface area contributed by atoms with E-state index in [0.29, 0.717) is 41.2 Å². The fourth-order valence-electron chi connectivity index (χ4n) is 3.08. The minimum atomic E-state index is -3.83. The van der Waals surface area contributed by atoms with Gasteiger partial charge in [0.1, 0.15) is 11.8 Å². The average Bonchev–Trinajstić information content (AvgIpc) is 2.67. The molecule has 1 fully saturated rings. The van der Waals surface area contributed by atoms with Gasteiger partial charge in [0.2, 0.25) is 10.0 Å². The molecule has 2 aromatic heterocycles. The van der Waals surface area contributed by atoms with Crippen molar-refractivity contribution < 1.29 is 16.8 Å². The molecule has 4 rings (SSSR count). The number of nitrogens with two attached hydrogens (primary N) is 1. The van der Waals surface area contributed by atoms with Crippen molar-refractivity contribution in [2.75, 3.05) is 29.5 Å². The predicted molar refractivity (Wildman–Crippen MR) is 105 cm³/mol. The lowest BCUT2D eigenvalue weighted by atomic mass is 10.1. The number of aromatic nitrogens is 3. The zero-order valence-corrected chi connectivity index (χ0v) is 16.3. The van der Waals surface area contributed by atoms with Crippen molar-refractivity contribution in [3.63, 3.8) is 0 Å². The van der Waals surface area contributed by atoms with Crippen molar-refractivity contribution in [3.8, 4) is 11.3 Å². The molecular formula is C17H17N5O4S2. The van der Waals surface area contributed by atoms with E-state index < -0.39 is 19.9 Å². The van der Waals surface area contributed by atoms with Gasteiger partial charge in [-0.25, -0.2) is 36.9 Å². The first-order valence-corrected chi connectivity index (χ1v) is 11.8. The average molecular weight is 419 g/mol. The standard InChI is InChI=1S/C17H17N5O4S2/c18-28(25,26)13-3-1-2-12(10-13)14-4-5-15-16(21-14)17(20-11-19-15)22-6-8-27(23,24)9-7-22/h1-5,10-11H,6-9H2,(H2,18,25,26). The summed E-state index contributed by atoms with van der Waals surface area (Å²) in [5.74, 6) is 0.688. The number of sulfonamides is 1. The Morgan fingerprint density at radius 1 is 1.04 bits per heavy atom. The summed E-state index contributed by atoms with van der Waals surface area (Å²) in [6, 6.07) is 9.72. The predicted octanol–water partition coefficient (Wildman–Crippen LogP) is 0.574. The first-order chi connectivity index (χ1) is 13.2. The topological polar surface area (TPSA) is 136 Å². The van der Waals surface area contributed by atoms with E-state index in [4.69, 9.17) is 5.14 Å². The Kier molecular flexibility index (Phi) is 4.52. The second-order valence-electron chi connectivity index (χ2n) is 6.47. The molecule has 2 N–H and O–H groups in total. The quantitative estimate of drug-likeness (QED) is 0.651. The van der Waals surface area contributed by atoms with Gasteiger partial charge in [-0.1, -0.05) is 12.1 Å². The Labute approximate surface area is 162 Å². The first kappa shape index (κ1) is 18.7. The monoisotopic (exact) mass is 419 g/mol. The Morgan fingerprint density at radius 2 is 1.79 bits per heavy atom. The van der Waals surface area contributed by atoms with Crippen LogP contribution in [0.1, 0.15) is 0 Å². The summed E-state index contributed by atoms with van der Waals surface area (Å²) in [5.41, 5.74) is 2.27. The zero-order chi connectivity index (χ0) is 19.9. The molecule has 0 unspecified atom stereocenters. The molecule has 0 aliphatic carbocycles. The van der Waals surface area contributed by atoms with Crippen LogP contribution in [0.4, 0.5) is 5.82 Å². The van der Waals surface area contributed by atoms with Crippen LogP contribution in [0.3, 0.4) is 0 Å². The van der Waals surface area contributed by atoms with Crippen LogP contribution >= 0.6 is 0 Å². The number of hydrogen-bond donors (Lipinski definition) is 1. The second-order valence-corrected chi connectivity index (χ2v) is 10.3. The summed E-state index contributed by atoms with van der Waals surface area (Å²) in [6.07, 6.45) is 1.42. The van der Waals surface area contributed by atoms with E-state index in [9.17, 15) is 16.8 Å². The van der Waals surface area contributed by atoms with Crippen LogP contribution in [0.5, 0.6) is 0 Å². The number of rotatable bonds is 3. The molecule has 0 amide bonds. The number of primary sulfonamides is 1. The van der Waals surface area contributed by atoms with Gasteiger partial charge in [0, 0.05) is 18.7 Å². The summed E-state index contributed by atoms with van der Waals surface area (Å²) in [4.78, 5) is 15.0. The smallest absolute Gasteiger partial charge is 0.238 e. The molecule has 0 spiro atoms. The van der Waals surface area contributed by atoms with E-state index in [2.05, 4.69) is 15.0 Å². The number of pyridine rings is 1. The lowest BCUT2D eigenvalue weighted by Crippen LogP contribution is -2.40. The number of anilines is 1. The van der Waals surface area contributed by atoms with E-state index >= 15 is 0 Å². The van der Waals surface area contributed by atoms with Crippen LogP contribution in [-0.4, -0.2) is 56.4 Å². The molecule has 9 nitrogen and oxygen atoms in total. The van der Waals surface area contributed by atoms with E-state index in [1.807, 2.05) is 4.90 Å². The van der Waals surface area contributed by atoms with E-state index in [-0.39, 0.29) is 16.4 Å². The second kappa shape index (κ2) is 6.76. The molecule has 1 saturated heterocycles. The SMILES string of the molecule is NS(=O)(=O)c1cccc(-c2ccc3ncnc(N4CCS(=O)(=O)CC4)c3n2)c1. The lowest BCUT2D eigenvalue weighted by molar-refractivity contribution is 0.586. The molecule has 1 aliphatic heterocycles.